The molecule has 4 heterocycles. The minimum Gasteiger partial charge on any atom is -0.652 e. The van der Waals surface area contributed by atoms with Crippen molar-refractivity contribution in [2.75, 3.05) is 7.11 Å². The van der Waals surface area contributed by atoms with E-state index in [1.165, 1.54) is 23.6 Å². The van der Waals surface area contributed by atoms with Crippen molar-refractivity contribution < 1.29 is 39.9 Å². The number of benzene rings is 1. The molecule has 140 valence electrons. The molecule has 0 aliphatic carbocycles. The quantitative estimate of drug-likeness (QED) is 0.350. The van der Waals surface area contributed by atoms with Crippen LogP contribution in [0.1, 0.15) is 12.6 Å². The molecule has 2 aliphatic heterocycles. The summed E-state index contributed by atoms with van der Waals surface area (Å²) in [6, 6.07) is 10.4. The van der Waals surface area contributed by atoms with Crippen LogP contribution in [-0.4, -0.2) is 19.2 Å². The van der Waals surface area contributed by atoms with Crippen LogP contribution in [0.5, 0.6) is 0 Å². The number of fused-ring (bicyclic) bond motifs is 6. The molecule has 0 radical (unpaired) electrons. The minimum absolute atomic E-state index is 0. The number of esters is 1. The third kappa shape index (κ3) is 2.71. The van der Waals surface area contributed by atoms with E-state index in [1.807, 2.05) is 18.2 Å². The van der Waals surface area contributed by atoms with Crippen LogP contribution in [0.4, 0.5) is 0 Å². The van der Waals surface area contributed by atoms with Gasteiger partial charge < -0.3 is 14.5 Å². The summed E-state index contributed by atoms with van der Waals surface area (Å²) in [5.74, 6) is 0.0400. The van der Waals surface area contributed by atoms with Gasteiger partial charge in [-0.15, -0.1) is 5.52 Å². The van der Waals surface area contributed by atoms with Crippen molar-refractivity contribution in [1.82, 2.24) is 4.98 Å². The van der Waals surface area contributed by atoms with Gasteiger partial charge in [0.25, 0.3) is 0 Å². The average molecular weight is 543 g/mol. The number of hydrogen-bond acceptors (Lipinski definition) is 3. The second-order valence-corrected chi connectivity index (χ2v) is 7.19. The van der Waals surface area contributed by atoms with Gasteiger partial charge >= 0.3 is 27.0 Å². The van der Waals surface area contributed by atoms with Crippen LogP contribution in [0, 0.1) is 11.8 Å². The predicted octanol–water partition coefficient (Wildman–Crippen LogP) is 2.50. The van der Waals surface area contributed by atoms with Crippen LogP contribution in [0.3, 0.4) is 0 Å². The zero-order valence-corrected chi connectivity index (χ0v) is 17.4. The number of carbonyl (C=O) groups excluding carboxylic acids is 1. The topological polar surface area (TPSA) is 53.5 Å². The Labute approximate surface area is 171 Å². The summed E-state index contributed by atoms with van der Waals surface area (Å²) in [4.78, 5) is 17.1. The van der Waals surface area contributed by atoms with E-state index in [-0.39, 0.29) is 45.0 Å². The number of pyridine rings is 1. The van der Waals surface area contributed by atoms with Crippen molar-refractivity contribution in [3.8, 4) is 0 Å². The van der Waals surface area contributed by atoms with Crippen LogP contribution in [0.25, 0.3) is 21.8 Å². The smallest absolute Gasteiger partial charge is 0.652 e. The molecule has 2 aromatic heterocycles. The largest absolute Gasteiger partial charge is 2.00 e. The van der Waals surface area contributed by atoms with Gasteiger partial charge in [0.2, 0.25) is 0 Å². The zero-order chi connectivity index (χ0) is 17.8. The van der Waals surface area contributed by atoms with Crippen molar-refractivity contribution in [3.05, 3.63) is 54.1 Å². The fourth-order valence-electron chi connectivity index (χ4n) is 4.49. The van der Waals surface area contributed by atoms with Gasteiger partial charge in [-0.1, -0.05) is 29.8 Å². The van der Waals surface area contributed by atoms with Crippen LogP contribution in [-0.2, 0) is 48.3 Å². The Morgan fingerprint density at radius 1 is 1.26 bits per heavy atom. The fraction of sp³-hybridized carbons (Fsp3) is 0.333. The summed E-state index contributed by atoms with van der Waals surface area (Å²) in [6.45, 7) is 2.88. The van der Waals surface area contributed by atoms with E-state index in [4.69, 9.17) is 14.5 Å². The molecule has 0 amide bonds. The maximum atomic E-state index is 12.3. The number of nitrogens with zero attached hydrogens (tertiary/aromatic N) is 2. The van der Waals surface area contributed by atoms with E-state index in [1.54, 1.807) is 6.26 Å². The number of methoxy groups -OCH3 is 1. The van der Waals surface area contributed by atoms with E-state index >= 15 is 0 Å². The Morgan fingerprint density at radius 3 is 2.89 bits per heavy atom. The number of hydrogen-bond donors (Lipinski definition) is 0. The first-order valence-electron chi connectivity index (χ1n) is 8.97. The molecule has 5 rings (SSSR count). The molecule has 1 aromatic carbocycles. The van der Waals surface area contributed by atoms with Crippen LogP contribution < -0.4 is 9.55 Å². The molecular weight excluding hydrogens is 523 g/mol. The Morgan fingerprint density at radius 2 is 2.07 bits per heavy atom. The van der Waals surface area contributed by atoms with Gasteiger partial charge in [-0.2, -0.15) is 0 Å². The van der Waals surface area contributed by atoms with Gasteiger partial charge in [0.1, 0.15) is 6.10 Å². The molecule has 3 aromatic rings. The van der Waals surface area contributed by atoms with E-state index in [0.29, 0.717) is 5.57 Å². The van der Waals surface area contributed by atoms with E-state index in [2.05, 4.69) is 29.8 Å². The van der Waals surface area contributed by atoms with Crippen molar-refractivity contribution >= 4 is 27.8 Å². The van der Waals surface area contributed by atoms with E-state index in [0.717, 1.165) is 24.0 Å². The number of rotatable bonds is 1. The molecule has 0 N–H and O–H groups in total. The molecule has 5 nitrogen and oxygen atoms in total. The van der Waals surface area contributed by atoms with E-state index < -0.39 is 0 Å². The Balaban J connectivity index is 0.00000180. The molecule has 0 unspecified atom stereocenters. The van der Waals surface area contributed by atoms with Crippen LogP contribution in [0.2, 0.25) is 0 Å². The van der Waals surface area contributed by atoms with Crippen molar-refractivity contribution in [2.45, 2.75) is 26.0 Å². The predicted molar refractivity (Wildman–Crippen MR) is 96.3 cm³/mol. The standard InChI is InChI=1S/C21H20N2O3.Pt/c1-12-16-10-23-8-7-14-13-5-3-4-6-18(13)22-20(14)19(23)9-15(16)17(11-26-12)21(24)25-2;/h3-8,11-12,15-16H,9-10H2,1-2H3;/q;+2/t12-,15-,16+;/m0./s1. The molecule has 0 spiro atoms. The summed E-state index contributed by atoms with van der Waals surface area (Å²) in [6.07, 6.45) is 4.57. The summed E-state index contributed by atoms with van der Waals surface area (Å²) in [5, 5.41) is 2.35. The monoisotopic (exact) mass is 543 g/mol. The Kier molecular flexibility index (Phi) is 4.59. The van der Waals surface area contributed by atoms with E-state index in [9.17, 15) is 4.79 Å². The molecule has 0 fully saturated rings. The maximum Gasteiger partial charge on any atom is 2.00 e. The molecule has 27 heavy (non-hydrogen) atoms. The normalized spacial score (nSPS) is 23.6. The number of para-hydroxylation sites is 1. The van der Waals surface area contributed by atoms with Gasteiger partial charge in [-0.3, -0.25) is 0 Å². The summed E-state index contributed by atoms with van der Waals surface area (Å²) in [7, 11) is 1.42. The first kappa shape index (κ1) is 18.2. The molecular formula is C21H20N2O3Pt+2. The minimum atomic E-state index is -0.298. The maximum absolute atomic E-state index is 12.3. The average Bonchev–Trinajstić information content (AvgIpc) is 3.06. The van der Waals surface area contributed by atoms with Crippen LogP contribution >= 0.6 is 0 Å². The number of ether oxygens (including phenoxy) is 2. The van der Waals surface area contributed by atoms with Crippen LogP contribution in [0.15, 0.2) is 48.4 Å². The third-order valence-electron chi connectivity index (χ3n) is 5.89. The first-order chi connectivity index (χ1) is 12.7. The van der Waals surface area contributed by atoms with Gasteiger partial charge in [0.15, 0.2) is 18.4 Å². The number of carbonyl (C=O) groups is 1. The first-order valence-corrected chi connectivity index (χ1v) is 8.97. The molecule has 0 saturated heterocycles. The van der Waals surface area contributed by atoms with Crippen molar-refractivity contribution in [1.29, 1.82) is 0 Å². The third-order valence-corrected chi connectivity index (χ3v) is 5.89. The SMILES string of the molecule is COC(=O)C1=CO[C@@H](C)[C@H]2C[n+]3ccc4c([n-]c5ccccc54)c3C[C@H]12.[Pt+2]. The molecule has 3 atom stereocenters. The summed E-state index contributed by atoms with van der Waals surface area (Å²) < 4.78 is 13.0. The molecule has 0 bridgehead atoms. The summed E-state index contributed by atoms with van der Waals surface area (Å²) in [5.41, 5.74) is 3.87. The number of aromatic nitrogens is 2. The van der Waals surface area contributed by atoms with Gasteiger partial charge in [-0.25, -0.2) is 9.36 Å². The van der Waals surface area contributed by atoms with Gasteiger partial charge in [0, 0.05) is 18.4 Å². The van der Waals surface area contributed by atoms with Crippen molar-refractivity contribution in [2.24, 2.45) is 11.8 Å². The summed E-state index contributed by atoms with van der Waals surface area (Å²) >= 11 is 0. The zero-order valence-electron chi connectivity index (χ0n) is 15.1. The van der Waals surface area contributed by atoms with Gasteiger partial charge in [-0.05, 0) is 17.7 Å². The molecule has 6 heteroatoms. The van der Waals surface area contributed by atoms with Crippen molar-refractivity contribution in [3.63, 3.8) is 0 Å². The Hall–Kier alpha value is -2.13. The second kappa shape index (κ2) is 6.79. The van der Waals surface area contributed by atoms with Gasteiger partial charge in [0.05, 0.1) is 24.9 Å². The second-order valence-electron chi connectivity index (χ2n) is 7.19. The molecule has 0 saturated carbocycles. The molecule has 2 aliphatic rings. The fourth-order valence-corrected chi connectivity index (χ4v) is 4.49. The Bertz CT molecular complexity index is 1070.